The van der Waals surface area contributed by atoms with Crippen molar-refractivity contribution in [3.05, 3.63) is 88.6 Å². The van der Waals surface area contributed by atoms with E-state index < -0.39 is 0 Å². The molecule has 4 rings (SSSR count). The van der Waals surface area contributed by atoms with Crippen LogP contribution in [0.3, 0.4) is 0 Å². The number of nitrogens with zero attached hydrogens (tertiary/aromatic N) is 2. The smallest absolute Gasteiger partial charge is 0.262 e. The summed E-state index contributed by atoms with van der Waals surface area (Å²) in [6, 6.07) is 18.6. The van der Waals surface area contributed by atoms with E-state index in [0.29, 0.717) is 27.7 Å². The third-order valence-electron chi connectivity index (χ3n) is 4.91. The van der Waals surface area contributed by atoms with E-state index in [1.807, 2.05) is 42.5 Å². The number of carbonyl (C=O) groups excluding carboxylic acids is 1. The molecule has 1 amide bonds. The fraction of sp³-hybridized carbons (Fsp3) is 0.208. The average Bonchev–Trinajstić information content (AvgIpc) is 3.28. The van der Waals surface area contributed by atoms with Gasteiger partial charge in [0.15, 0.2) is 5.16 Å². The third kappa shape index (κ3) is 4.88. The Kier molecular flexibility index (Phi) is 6.23. The Morgan fingerprint density at radius 3 is 2.58 bits per heavy atom. The summed E-state index contributed by atoms with van der Waals surface area (Å²) < 4.78 is 6.97. The standard InChI is InChI=1S/C24H23N3O3S/c1-16(2)17-9-11-18(12-10-17)25-22(28)15-31-24-26-21-8-4-3-7-20(21)23(29)27(24)14-19-6-5-13-30-19/h3-13,16H,14-15H2,1-2H3,(H,25,28). The molecule has 6 nitrogen and oxygen atoms in total. The van der Waals surface area contributed by atoms with E-state index in [4.69, 9.17) is 4.42 Å². The summed E-state index contributed by atoms with van der Waals surface area (Å²) in [6.07, 6.45) is 1.57. The van der Waals surface area contributed by atoms with Gasteiger partial charge in [-0.25, -0.2) is 4.98 Å². The number of rotatable bonds is 7. The van der Waals surface area contributed by atoms with Crippen LogP contribution in [-0.4, -0.2) is 21.2 Å². The molecule has 0 bridgehead atoms. The maximum absolute atomic E-state index is 13.1. The van der Waals surface area contributed by atoms with Gasteiger partial charge in [-0.2, -0.15) is 0 Å². The van der Waals surface area contributed by atoms with Crippen molar-refractivity contribution in [2.75, 3.05) is 11.1 Å². The molecular formula is C24H23N3O3S. The number of thioether (sulfide) groups is 1. The van der Waals surface area contributed by atoms with Crippen molar-refractivity contribution in [1.29, 1.82) is 0 Å². The number of para-hydroxylation sites is 1. The van der Waals surface area contributed by atoms with Crippen LogP contribution in [0.4, 0.5) is 5.69 Å². The van der Waals surface area contributed by atoms with E-state index in [-0.39, 0.29) is 23.8 Å². The van der Waals surface area contributed by atoms with Crippen LogP contribution in [0.1, 0.15) is 31.1 Å². The highest BCUT2D eigenvalue weighted by Gasteiger charge is 2.15. The summed E-state index contributed by atoms with van der Waals surface area (Å²) in [5, 5.41) is 3.91. The molecular weight excluding hydrogens is 410 g/mol. The number of fused-ring (bicyclic) bond motifs is 1. The Hall–Kier alpha value is -3.32. The zero-order chi connectivity index (χ0) is 21.8. The molecule has 0 saturated carbocycles. The van der Waals surface area contributed by atoms with Gasteiger partial charge in [0.1, 0.15) is 5.76 Å². The molecule has 0 fully saturated rings. The lowest BCUT2D eigenvalue weighted by molar-refractivity contribution is -0.113. The van der Waals surface area contributed by atoms with Gasteiger partial charge >= 0.3 is 0 Å². The van der Waals surface area contributed by atoms with Gasteiger partial charge in [-0.3, -0.25) is 14.2 Å². The number of furan rings is 1. The molecule has 0 aliphatic rings. The van der Waals surface area contributed by atoms with Crippen molar-refractivity contribution in [3.63, 3.8) is 0 Å². The summed E-state index contributed by atoms with van der Waals surface area (Å²) in [5.41, 5.74) is 2.41. The van der Waals surface area contributed by atoms with Crippen molar-refractivity contribution in [3.8, 4) is 0 Å². The monoisotopic (exact) mass is 433 g/mol. The molecule has 0 spiro atoms. The van der Waals surface area contributed by atoms with Crippen LogP contribution in [-0.2, 0) is 11.3 Å². The molecule has 0 saturated heterocycles. The maximum Gasteiger partial charge on any atom is 0.262 e. The third-order valence-corrected chi connectivity index (χ3v) is 5.89. The predicted octanol–water partition coefficient (Wildman–Crippen LogP) is 4.89. The van der Waals surface area contributed by atoms with Gasteiger partial charge < -0.3 is 9.73 Å². The Balaban J connectivity index is 1.54. The SMILES string of the molecule is CC(C)c1ccc(NC(=O)CSc2nc3ccccc3c(=O)n2Cc2ccco2)cc1. The minimum absolute atomic E-state index is 0.134. The second-order valence-corrected chi connectivity index (χ2v) is 8.44. The zero-order valence-electron chi connectivity index (χ0n) is 17.4. The highest BCUT2D eigenvalue weighted by molar-refractivity contribution is 7.99. The number of carbonyl (C=O) groups is 1. The van der Waals surface area contributed by atoms with Gasteiger partial charge in [0, 0.05) is 5.69 Å². The second kappa shape index (κ2) is 9.22. The largest absolute Gasteiger partial charge is 0.467 e. The molecule has 0 atom stereocenters. The lowest BCUT2D eigenvalue weighted by Crippen LogP contribution is -2.24. The van der Waals surface area contributed by atoms with Crippen LogP contribution >= 0.6 is 11.8 Å². The molecule has 4 aromatic rings. The fourth-order valence-electron chi connectivity index (χ4n) is 3.23. The summed E-state index contributed by atoms with van der Waals surface area (Å²) in [5.74, 6) is 1.06. The number of nitrogens with one attached hydrogen (secondary N) is 1. The molecule has 2 aromatic heterocycles. The van der Waals surface area contributed by atoms with Crippen molar-refractivity contribution in [2.24, 2.45) is 0 Å². The Morgan fingerprint density at radius 1 is 1.10 bits per heavy atom. The van der Waals surface area contributed by atoms with Crippen LogP contribution in [0.15, 0.2) is 81.3 Å². The van der Waals surface area contributed by atoms with Crippen molar-refractivity contribution in [2.45, 2.75) is 31.5 Å². The molecule has 0 radical (unpaired) electrons. The highest BCUT2D eigenvalue weighted by atomic mass is 32.2. The lowest BCUT2D eigenvalue weighted by atomic mass is 10.0. The lowest BCUT2D eigenvalue weighted by Gasteiger charge is -2.12. The summed E-state index contributed by atoms with van der Waals surface area (Å²) in [6.45, 7) is 4.51. The minimum atomic E-state index is -0.158. The fourth-order valence-corrected chi connectivity index (χ4v) is 4.03. The predicted molar refractivity (Wildman–Crippen MR) is 124 cm³/mol. The Labute approximate surface area is 184 Å². The topological polar surface area (TPSA) is 77.1 Å². The molecule has 7 heteroatoms. The quantitative estimate of drug-likeness (QED) is 0.332. The minimum Gasteiger partial charge on any atom is -0.467 e. The average molecular weight is 434 g/mol. The van der Waals surface area contributed by atoms with Crippen LogP contribution in [0.25, 0.3) is 10.9 Å². The molecule has 2 aromatic carbocycles. The van der Waals surface area contributed by atoms with E-state index in [0.717, 1.165) is 5.69 Å². The molecule has 158 valence electrons. The number of hydrogen-bond acceptors (Lipinski definition) is 5. The summed E-state index contributed by atoms with van der Waals surface area (Å²) in [4.78, 5) is 30.2. The molecule has 0 aliphatic heterocycles. The van der Waals surface area contributed by atoms with E-state index in [9.17, 15) is 9.59 Å². The number of anilines is 1. The first-order valence-electron chi connectivity index (χ1n) is 10.1. The van der Waals surface area contributed by atoms with E-state index in [1.165, 1.54) is 17.3 Å². The van der Waals surface area contributed by atoms with Gasteiger partial charge in [-0.15, -0.1) is 0 Å². The summed E-state index contributed by atoms with van der Waals surface area (Å²) >= 11 is 1.23. The number of benzene rings is 2. The second-order valence-electron chi connectivity index (χ2n) is 7.50. The molecule has 2 heterocycles. The first-order valence-corrected chi connectivity index (χ1v) is 11.0. The normalized spacial score (nSPS) is 11.2. The number of amides is 1. The number of hydrogen-bond donors (Lipinski definition) is 1. The van der Waals surface area contributed by atoms with Crippen molar-refractivity contribution >= 4 is 34.3 Å². The molecule has 0 aliphatic carbocycles. The first kappa shape index (κ1) is 20.9. The van der Waals surface area contributed by atoms with Crippen molar-refractivity contribution in [1.82, 2.24) is 9.55 Å². The molecule has 31 heavy (non-hydrogen) atoms. The highest BCUT2D eigenvalue weighted by Crippen LogP contribution is 2.21. The Bertz CT molecular complexity index is 1250. The zero-order valence-corrected chi connectivity index (χ0v) is 18.2. The van der Waals surface area contributed by atoms with Gasteiger partial charge in [0.2, 0.25) is 5.91 Å². The van der Waals surface area contributed by atoms with Gasteiger partial charge in [-0.1, -0.05) is 49.9 Å². The van der Waals surface area contributed by atoms with E-state index in [1.54, 1.807) is 29.0 Å². The van der Waals surface area contributed by atoms with Gasteiger partial charge in [0.05, 0.1) is 29.5 Å². The van der Waals surface area contributed by atoms with Crippen LogP contribution < -0.4 is 10.9 Å². The Morgan fingerprint density at radius 2 is 1.87 bits per heavy atom. The molecule has 1 N–H and O–H groups in total. The first-order chi connectivity index (χ1) is 15.0. The van der Waals surface area contributed by atoms with Crippen LogP contribution in [0.5, 0.6) is 0 Å². The molecule has 0 unspecified atom stereocenters. The number of aromatic nitrogens is 2. The van der Waals surface area contributed by atoms with Gasteiger partial charge in [-0.05, 0) is 47.9 Å². The summed E-state index contributed by atoms with van der Waals surface area (Å²) in [7, 11) is 0. The van der Waals surface area contributed by atoms with Crippen molar-refractivity contribution < 1.29 is 9.21 Å². The maximum atomic E-state index is 13.1. The van der Waals surface area contributed by atoms with Crippen LogP contribution in [0, 0.1) is 0 Å². The van der Waals surface area contributed by atoms with Gasteiger partial charge in [0.25, 0.3) is 5.56 Å². The van der Waals surface area contributed by atoms with E-state index in [2.05, 4.69) is 24.1 Å². The van der Waals surface area contributed by atoms with Crippen LogP contribution in [0.2, 0.25) is 0 Å². The van der Waals surface area contributed by atoms with E-state index >= 15 is 0 Å².